The van der Waals surface area contributed by atoms with Crippen LogP contribution in [0, 0.1) is 6.92 Å². The monoisotopic (exact) mass is 310 g/mol. The van der Waals surface area contributed by atoms with Crippen molar-refractivity contribution >= 4 is 27.5 Å². The Hall–Kier alpha value is -0.990. The molecule has 2 rings (SSSR count). The molecule has 0 saturated carbocycles. The van der Waals surface area contributed by atoms with Crippen molar-refractivity contribution in [2.24, 2.45) is 0 Å². The van der Waals surface area contributed by atoms with Gasteiger partial charge >= 0.3 is 0 Å². The quantitative estimate of drug-likeness (QED) is 0.696. The second kappa shape index (κ2) is 5.56. The van der Waals surface area contributed by atoms with Gasteiger partial charge in [0.1, 0.15) is 11.5 Å². The van der Waals surface area contributed by atoms with Gasteiger partial charge in [-0.15, -0.1) is 0 Å². The van der Waals surface area contributed by atoms with Crippen LogP contribution in [0.2, 0.25) is 5.02 Å². The van der Waals surface area contributed by atoms with E-state index < -0.39 is 0 Å². The summed E-state index contributed by atoms with van der Waals surface area (Å²) in [6.45, 7) is 2.04. The molecule has 0 fully saturated rings. The van der Waals surface area contributed by atoms with E-state index in [1.54, 1.807) is 0 Å². The summed E-state index contributed by atoms with van der Waals surface area (Å²) >= 11 is 9.57. The highest BCUT2D eigenvalue weighted by Crippen LogP contribution is 2.34. The predicted octanol–water partition coefficient (Wildman–Crippen LogP) is 5.34. The van der Waals surface area contributed by atoms with Crippen LogP contribution >= 0.6 is 27.5 Å². The molecule has 0 bridgehead atoms. The van der Waals surface area contributed by atoms with E-state index in [-0.39, 0.29) is 0 Å². The van der Waals surface area contributed by atoms with Crippen molar-refractivity contribution in [2.75, 3.05) is 0 Å². The van der Waals surface area contributed by atoms with Crippen LogP contribution in [0.5, 0.6) is 11.5 Å². The van der Waals surface area contributed by atoms with E-state index in [1.807, 2.05) is 49.4 Å². The smallest absolute Gasteiger partial charge is 0.150 e. The first-order valence-electron chi connectivity index (χ1n) is 5.28. The fourth-order valence-corrected chi connectivity index (χ4v) is 2.17. The molecule has 0 atom stereocenters. The topological polar surface area (TPSA) is 9.23 Å². The number of halogens is 2. The minimum absolute atomic E-state index is 0.627. The van der Waals surface area contributed by atoms with Gasteiger partial charge in [0.2, 0.25) is 0 Å². The van der Waals surface area contributed by atoms with Crippen LogP contribution in [-0.2, 0) is 5.33 Å². The molecule has 0 aliphatic rings. The van der Waals surface area contributed by atoms with E-state index in [1.165, 1.54) is 5.56 Å². The maximum absolute atomic E-state index is 6.14. The largest absolute Gasteiger partial charge is 0.455 e. The highest BCUT2D eigenvalue weighted by molar-refractivity contribution is 9.08. The van der Waals surface area contributed by atoms with Crippen molar-refractivity contribution in [3.8, 4) is 11.5 Å². The Balaban J connectivity index is 2.32. The van der Waals surface area contributed by atoms with Crippen LogP contribution in [0.15, 0.2) is 42.5 Å². The van der Waals surface area contributed by atoms with Crippen molar-refractivity contribution in [2.45, 2.75) is 12.3 Å². The van der Waals surface area contributed by atoms with E-state index in [4.69, 9.17) is 16.3 Å². The molecule has 2 aromatic carbocycles. The Morgan fingerprint density at radius 1 is 1.12 bits per heavy atom. The van der Waals surface area contributed by atoms with Gasteiger partial charge < -0.3 is 4.74 Å². The van der Waals surface area contributed by atoms with E-state index in [0.717, 1.165) is 22.4 Å². The minimum Gasteiger partial charge on any atom is -0.455 e. The number of benzene rings is 2. The molecule has 2 aromatic rings. The van der Waals surface area contributed by atoms with Gasteiger partial charge in [-0.2, -0.15) is 0 Å². The lowest BCUT2D eigenvalue weighted by Crippen LogP contribution is -1.90. The van der Waals surface area contributed by atoms with Crippen LogP contribution in [0.4, 0.5) is 0 Å². The molecule has 88 valence electrons. The number of aryl methyl sites for hydroxylation is 1. The van der Waals surface area contributed by atoms with E-state index in [9.17, 15) is 0 Å². The minimum atomic E-state index is 0.627. The fraction of sp³-hybridized carbons (Fsp3) is 0.143. The molecule has 0 spiro atoms. The molecule has 1 nitrogen and oxygen atoms in total. The molecule has 0 heterocycles. The van der Waals surface area contributed by atoms with Gasteiger partial charge in [-0.05, 0) is 25.1 Å². The van der Waals surface area contributed by atoms with E-state index >= 15 is 0 Å². The number of hydrogen-bond acceptors (Lipinski definition) is 1. The fourth-order valence-electron chi connectivity index (χ4n) is 1.50. The highest BCUT2D eigenvalue weighted by atomic mass is 79.9. The van der Waals surface area contributed by atoms with Crippen molar-refractivity contribution in [1.82, 2.24) is 0 Å². The van der Waals surface area contributed by atoms with Crippen LogP contribution in [-0.4, -0.2) is 0 Å². The van der Waals surface area contributed by atoms with Gasteiger partial charge in [0, 0.05) is 10.9 Å². The lowest BCUT2D eigenvalue weighted by atomic mass is 10.2. The molecular formula is C14H12BrClO. The molecule has 0 radical (unpaired) electrons. The first-order valence-corrected chi connectivity index (χ1v) is 6.78. The maximum Gasteiger partial charge on any atom is 0.150 e. The highest BCUT2D eigenvalue weighted by Gasteiger charge is 2.08. The molecule has 0 unspecified atom stereocenters. The zero-order valence-electron chi connectivity index (χ0n) is 9.41. The lowest BCUT2D eigenvalue weighted by Gasteiger charge is -2.11. The summed E-state index contributed by atoms with van der Waals surface area (Å²) < 4.78 is 5.82. The van der Waals surface area contributed by atoms with Crippen molar-refractivity contribution in [3.05, 3.63) is 58.6 Å². The number of hydrogen-bond donors (Lipinski definition) is 0. The first-order chi connectivity index (χ1) is 8.20. The van der Waals surface area contributed by atoms with Crippen LogP contribution in [0.25, 0.3) is 0 Å². The molecule has 17 heavy (non-hydrogen) atoms. The SMILES string of the molecule is Cc1ccc(Oc2c(Cl)cccc2CBr)cc1. The molecule has 0 aromatic heterocycles. The van der Waals surface area contributed by atoms with E-state index in [2.05, 4.69) is 15.9 Å². The normalized spacial score (nSPS) is 10.3. The third-order valence-electron chi connectivity index (χ3n) is 2.43. The first kappa shape index (κ1) is 12.5. The Bertz CT molecular complexity index is 508. The van der Waals surface area contributed by atoms with Crippen LogP contribution < -0.4 is 4.74 Å². The van der Waals surface area contributed by atoms with Gasteiger partial charge in [-0.3, -0.25) is 0 Å². The third-order valence-corrected chi connectivity index (χ3v) is 3.34. The van der Waals surface area contributed by atoms with Crippen molar-refractivity contribution in [1.29, 1.82) is 0 Å². The van der Waals surface area contributed by atoms with Gasteiger partial charge in [0.25, 0.3) is 0 Å². The Labute approximate surface area is 115 Å². The Morgan fingerprint density at radius 2 is 1.82 bits per heavy atom. The van der Waals surface area contributed by atoms with Gasteiger partial charge in [0.15, 0.2) is 0 Å². The number of ether oxygens (including phenoxy) is 1. The summed E-state index contributed by atoms with van der Waals surface area (Å²) in [5.41, 5.74) is 2.25. The van der Waals surface area contributed by atoms with Crippen molar-refractivity contribution < 1.29 is 4.74 Å². The summed E-state index contributed by atoms with van der Waals surface area (Å²) in [5.74, 6) is 1.51. The molecule has 0 N–H and O–H groups in total. The Morgan fingerprint density at radius 3 is 2.47 bits per heavy atom. The van der Waals surface area contributed by atoms with Crippen LogP contribution in [0.1, 0.15) is 11.1 Å². The third kappa shape index (κ3) is 3.02. The molecular weight excluding hydrogens is 300 g/mol. The van der Waals surface area contributed by atoms with Crippen LogP contribution in [0.3, 0.4) is 0 Å². The molecule has 0 saturated heterocycles. The summed E-state index contributed by atoms with van der Waals surface area (Å²) in [5, 5.41) is 1.34. The molecule has 0 amide bonds. The molecule has 0 aliphatic heterocycles. The van der Waals surface area contributed by atoms with Gasteiger partial charge in [-0.25, -0.2) is 0 Å². The average Bonchev–Trinajstić information content (AvgIpc) is 2.34. The molecule has 3 heteroatoms. The standard InChI is InChI=1S/C14H12BrClO/c1-10-5-7-12(8-6-10)17-14-11(9-15)3-2-4-13(14)16/h2-8H,9H2,1H3. The zero-order valence-corrected chi connectivity index (χ0v) is 11.8. The predicted molar refractivity (Wildman–Crippen MR) is 75.3 cm³/mol. The van der Waals surface area contributed by atoms with E-state index in [0.29, 0.717) is 5.02 Å². The maximum atomic E-state index is 6.14. The average molecular weight is 312 g/mol. The number of para-hydroxylation sites is 1. The molecule has 0 aliphatic carbocycles. The second-order valence-electron chi connectivity index (χ2n) is 3.78. The summed E-state index contributed by atoms with van der Waals surface area (Å²) in [7, 11) is 0. The summed E-state index contributed by atoms with van der Waals surface area (Å²) in [4.78, 5) is 0. The Kier molecular flexibility index (Phi) is 4.08. The zero-order chi connectivity index (χ0) is 12.3. The lowest BCUT2D eigenvalue weighted by molar-refractivity contribution is 0.479. The second-order valence-corrected chi connectivity index (χ2v) is 4.74. The summed E-state index contributed by atoms with van der Waals surface area (Å²) in [6.07, 6.45) is 0. The number of rotatable bonds is 3. The van der Waals surface area contributed by atoms with Gasteiger partial charge in [-0.1, -0.05) is 57.4 Å². The van der Waals surface area contributed by atoms with Crippen molar-refractivity contribution in [3.63, 3.8) is 0 Å². The summed E-state index contributed by atoms with van der Waals surface area (Å²) in [6, 6.07) is 13.6. The van der Waals surface area contributed by atoms with Gasteiger partial charge in [0.05, 0.1) is 5.02 Å². The number of alkyl halides is 1.